The number of aryl methyl sites for hydroxylation is 2. The van der Waals surface area contributed by atoms with Gasteiger partial charge in [-0.15, -0.1) is 0 Å². The van der Waals surface area contributed by atoms with E-state index in [0.717, 1.165) is 40.8 Å². The summed E-state index contributed by atoms with van der Waals surface area (Å²) in [6.07, 6.45) is 4.06. The highest BCUT2D eigenvalue weighted by Crippen LogP contribution is 2.28. The summed E-state index contributed by atoms with van der Waals surface area (Å²) in [5.41, 5.74) is 2.90. The van der Waals surface area contributed by atoms with Crippen LogP contribution in [-0.4, -0.2) is 42.8 Å². The Labute approximate surface area is 186 Å². The lowest BCUT2D eigenvalue weighted by Crippen LogP contribution is -2.39. The maximum atomic E-state index is 13.1. The van der Waals surface area contributed by atoms with Gasteiger partial charge in [-0.2, -0.15) is 5.10 Å². The van der Waals surface area contributed by atoms with E-state index in [9.17, 15) is 9.59 Å². The van der Waals surface area contributed by atoms with Crippen LogP contribution in [0.2, 0.25) is 0 Å². The smallest absolute Gasteiger partial charge is 0.350 e. The zero-order chi connectivity index (χ0) is 22.2. The Morgan fingerprint density at radius 2 is 1.69 bits per heavy atom. The van der Waals surface area contributed by atoms with E-state index in [2.05, 4.69) is 28.0 Å². The number of hydrogen-bond donors (Lipinski definition) is 0. The minimum atomic E-state index is -0.138. The molecule has 0 bridgehead atoms. The average Bonchev–Trinajstić information content (AvgIpc) is 3.30. The molecule has 3 heterocycles. The van der Waals surface area contributed by atoms with E-state index in [-0.39, 0.29) is 17.5 Å². The first-order valence-electron chi connectivity index (χ1n) is 11.0. The molecule has 0 atom stereocenters. The zero-order valence-electron chi connectivity index (χ0n) is 18.4. The number of hydrogen-bond acceptors (Lipinski definition) is 3. The highest BCUT2D eigenvalue weighted by molar-refractivity contribution is 5.89. The van der Waals surface area contributed by atoms with Crippen molar-refractivity contribution >= 4 is 16.8 Å². The molecule has 7 heteroatoms. The number of para-hydroxylation sites is 2. The first kappa shape index (κ1) is 20.3. The minimum Gasteiger partial charge on any atom is -0.350 e. The molecule has 32 heavy (non-hydrogen) atoms. The van der Waals surface area contributed by atoms with Crippen molar-refractivity contribution in [3.05, 3.63) is 82.7 Å². The van der Waals surface area contributed by atoms with Gasteiger partial charge < -0.3 is 9.47 Å². The number of amides is 1. The van der Waals surface area contributed by atoms with Gasteiger partial charge in [-0.3, -0.25) is 4.79 Å². The van der Waals surface area contributed by atoms with Gasteiger partial charge in [0.15, 0.2) is 0 Å². The molecule has 1 fully saturated rings. The summed E-state index contributed by atoms with van der Waals surface area (Å²) in [7, 11) is 3.70. The lowest BCUT2D eigenvalue weighted by molar-refractivity contribution is -0.131. The van der Waals surface area contributed by atoms with Gasteiger partial charge in [0, 0.05) is 50.2 Å². The molecule has 1 amide bonds. The monoisotopic (exact) mass is 429 g/mol. The molecule has 1 saturated heterocycles. The quantitative estimate of drug-likeness (QED) is 0.501. The molecule has 1 aliphatic heterocycles. The van der Waals surface area contributed by atoms with Gasteiger partial charge in [0.25, 0.3) is 0 Å². The van der Waals surface area contributed by atoms with Crippen molar-refractivity contribution in [2.24, 2.45) is 14.1 Å². The lowest BCUT2D eigenvalue weighted by atomic mass is 9.95. The average molecular weight is 430 g/mol. The topological polar surface area (TPSA) is 65.1 Å². The summed E-state index contributed by atoms with van der Waals surface area (Å²) in [5.74, 6) is 1.08. The number of aromatic nitrogens is 4. The zero-order valence-corrected chi connectivity index (χ0v) is 18.4. The highest BCUT2D eigenvalue weighted by Gasteiger charge is 2.29. The van der Waals surface area contributed by atoms with Gasteiger partial charge in [0.2, 0.25) is 5.91 Å². The van der Waals surface area contributed by atoms with Crippen LogP contribution in [-0.2, 0) is 25.3 Å². The van der Waals surface area contributed by atoms with Crippen molar-refractivity contribution in [1.82, 2.24) is 23.8 Å². The first-order chi connectivity index (χ1) is 15.5. The fourth-order valence-corrected chi connectivity index (χ4v) is 4.80. The van der Waals surface area contributed by atoms with E-state index < -0.39 is 0 Å². The largest absolute Gasteiger partial charge is 0.350 e. The van der Waals surface area contributed by atoms with Gasteiger partial charge in [-0.05, 0) is 36.6 Å². The second-order valence-electron chi connectivity index (χ2n) is 8.55. The Morgan fingerprint density at radius 1 is 1.00 bits per heavy atom. The SMILES string of the molecule is Cn1nc(C2CCN(C(=O)Cc3cn(C)c4ccccc34)CC2)n(-c2ccccc2)c1=O. The van der Waals surface area contributed by atoms with Crippen LogP contribution in [0.25, 0.3) is 16.6 Å². The van der Waals surface area contributed by atoms with Gasteiger partial charge >= 0.3 is 5.69 Å². The van der Waals surface area contributed by atoms with E-state index in [0.29, 0.717) is 19.5 Å². The maximum absolute atomic E-state index is 13.1. The number of piperidine rings is 1. The van der Waals surface area contributed by atoms with E-state index in [4.69, 9.17) is 0 Å². The van der Waals surface area contributed by atoms with E-state index in [1.807, 2.05) is 54.4 Å². The summed E-state index contributed by atoms with van der Waals surface area (Å²) in [5, 5.41) is 5.68. The number of carbonyl (C=O) groups excluding carboxylic acids is 1. The van der Waals surface area contributed by atoms with Crippen LogP contribution < -0.4 is 5.69 Å². The third kappa shape index (κ3) is 3.53. The molecular formula is C25H27N5O2. The number of fused-ring (bicyclic) bond motifs is 1. The van der Waals surface area contributed by atoms with Crippen molar-refractivity contribution in [2.45, 2.75) is 25.2 Å². The number of carbonyl (C=O) groups is 1. The van der Waals surface area contributed by atoms with Gasteiger partial charge in [-0.25, -0.2) is 14.0 Å². The second kappa shape index (κ2) is 8.15. The summed E-state index contributed by atoms with van der Waals surface area (Å²) in [6.45, 7) is 1.35. The Balaban J connectivity index is 1.31. The Kier molecular flexibility index (Phi) is 5.17. The van der Waals surface area contributed by atoms with E-state index >= 15 is 0 Å². The number of nitrogens with zero attached hydrogens (tertiary/aromatic N) is 5. The molecule has 0 radical (unpaired) electrons. The summed E-state index contributed by atoms with van der Waals surface area (Å²) >= 11 is 0. The van der Waals surface area contributed by atoms with E-state index in [1.54, 1.807) is 11.6 Å². The van der Waals surface area contributed by atoms with Crippen molar-refractivity contribution in [2.75, 3.05) is 13.1 Å². The third-order valence-corrected chi connectivity index (χ3v) is 6.50. The molecule has 0 N–H and O–H groups in total. The first-order valence-corrected chi connectivity index (χ1v) is 11.0. The molecule has 1 aliphatic rings. The van der Waals surface area contributed by atoms with Crippen molar-refractivity contribution in [1.29, 1.82) is 0 Å². The summed E-state index contributed by atoms with van der Waals surface area (Å²) in [4.78, 5) is 27.7. The van der Waals surface area contributed by atoms with Crippen LogP contribution in [0.5, 0.6) is 0 Å². The van der Waals surface area contributed by atoms with Crippen LogP contribution in [0, 0.1) is 0 Å². The lowest BCUT2D eigenvalue weighted by Gasteiger charge is -2.31. The van der Waals surface area contributed by atoms with E-state index in [1.165, 1.54) is 4.68 Å². The van der Waals surface area contributed by atoms with Gasteiger partial charge in [0.05, 0.1) is 12.1 Å². The highest BCUT2D eigenvalue weighted by atomic mass is 16.2. The van der Waals surface area contributed by atoms with Crippen LogP contribution in [0.3, 0.4) is 0 Å². The Bertz CT molecular complexity index is 1320. The van der Waals surface area contributed by atoms with Crippen LogP contribution in [0.4, 0.5) is 0 Å². The van der Waals surface area contributed by atoms with Gasteiger partial charge in [0.1, 0.15) is 5.82 Å². The summed E-state index contributed by atoms with van der Waals surface area (Å²) in [6, 6.07) is 17.8. The molecule has 0 aliphatic carbocycles. The van der Waals surface area contributed by atoms with Crippen molar-refractivity contribution in [3.63, 3.8) is 0 Å². The molecule has 7 nitrogen and oxygen atoms in total. The molecular weight excluding hydrogens is 402 g/mol. The molecule has 5 rings (SSSR count). The predicted molar refractivity (Wildman–Crippen MR) is 124 cm³/mol. The number of likely N-dealkylation sites (tertiary alicyclic amines) is 1. The number of rotatable bonds is 4. The molecule has 0 unspecified atom stereocenters. The van der Waals surface area contributed by atoms with Crippen LogP contribution >= 0.6 is 0 Å². The van der Waals surface area contributed by atoms with Crippen molar-refractivity contribution in [3.8, 4) is 5.69 Å². The fraction of sp³-hybridized carbons (Fsp3) is 0.320. The fourth-order valence-electron chi connectivity index (χ4n) is 4.80. The second-order valence-corrected chi connectivity index (χ2v) is 8.55. The molecule has 4 aromatic rings. The third-order valence-electron chi connectivity index (χ3n) is 6.50. The number of benzene rings is 2. The standard InChI is InChI=1S/C25H27N5O2/c1-27-17-19(21-10-6-7-11-22(21)27)16-23(31)29-14-12-18(13-15-29)24-26-28(2)25(32)30(24)20-8-4-3-5-9-20/h3-11,17-18H,12-16H2,1-2H3. The molecule has 0 spiro atoms. The van der Waals surface area contributed by atoms with Crippen molar-refractivity contribution < 1.29 is 4.79 Å². The molecule has 2 aromatic heterocycles. The van der Waals surface area contributed by atoms with Gasteiger partial charge in [-0.1, -0.05) is 36.4 Å². The minimum absolute atomic E-state index is 0.138. The molecule has 0 saturated carbocycles. The molecule has 164 valence electrons. The summed E-state index contributed by atoms with van der Waals surface area (Å²) < 4.78 is 5.19. The molecule has 2 aromatic carbocycles. The predicted octanol–water partition coefficient (Wildman–Crippen LogP) is 3.01. The Hall–Kier alpha value is -3.61. The Morgan fingerprint density at radius 3 is 2.44 bits per heavy atom. The maximum Gasteiger partial charge on any atom is 0.350 e. The van der Waals surface area contributed by atoms with Crippen LogP contribution in [0.15, 0.2) is 65.6 Å². The van der Waals surface area contributed by atoms with Crippen LogP contribution in [0.1, 0.15) is 30.1 Å². The normalized spacial score (nSPS) is 14.9.